The molecular weight excluding hydrogens is 542 g/mol. The van der Waals surface area contributed by atoms with Crippen LogP contribution >= 0.6 is 15.4 Å². The lowest BCUT2D eigenvalue weighted by molar-refractivity contribution is 0.104. The van der Waals surface area contributed by atoms with E-state index in [-0.39, 0.29) is 11.1 Å². The molecule has 0 aromatic heterocycles. The van der Waals surface area contributed by atoms with Gasteiger partial charge in [-0.3, -0.25) is 0 Å². The van der Waals surface area contributed by atoms with Gasteiger partial charge in [0.2, 0.25) is 0 Å². The van der Waals surface area contributed by atoms with Crippen LogP contribution in [-0.2, 0) is 0 Å². The van der Waals surface area contributed by atoms with Gasteiger partial charge in [-0.2, -0.15) is 9.79 Å². The van der Waals surface area contributed by atoms with Gasteiger partial charge in [-0.05, 0) is 48.5 Å². The van der Waals surface area contributed by atoms with Gasteiger partial charge >= 0.3 is 26.5 Å². The van der Waals surface area contributed by atoms with Gasteiger partial charge in [0.25, 0.3) is 0 Å². The van der Waals surface area contributed by atoms with E-state index >= 15 is 0 Å². The highest BCUT2D eigenvalue weighted by Crippen LogP contribution is 2.64. The van der Waals surface area contributed by atoms with Crippen LogP contribution in [0.4, 0.5) is 0 Å². The van der Waals surface area contributed by atoms with Crippen molar-refractivity contribution in [1.29, 1.82) is 0 Å². The summed E-state index contributed by atoms with van der Waals surface area (Å²) in [7, 11) is -7.50. The monoisotopic (exact) mass is 564 g/mol. The van der Waals surface area contributed by atoms with Crippen LogP contribution in [0.15, 0.2) is 121 Å². The van der Waals surface area contributed by atoms with Gasteiger partial charge in [-0.25, -0.2) is 9.59 Å². The highest BCUT2D eigenvalue weighted by Gasteiger charge is 2.58. The number of rotatable bonds is 4. The Kier molecular flexibility index (Phi) is 5.71. The fraction of sp³-hybridized carbons (Fsp3) is 0. The van der Waals surface area contributed by atoms with E-state index in [0.29, 0.717) is 22.1 Å². The van der Waals surface area contributed by atoms with Crippen molar-refractivity contribution >= 4 is 37.1 Å². The second-order valence-corrected chi connectivity index (χ2v) is 14.0. The van der Waals surface area contributed by atoms with Crippen molar-refractivity contribution in [2.75, 3.05) is 0 Å². The van der Waals surface area contributed by atoms with Crippen molar-refractivity contribution in [3.63, 3.8) is 0 Å². The summed E-state index contributed by atoms with van der Waals surface area (Å²) in [6.07, 6.45) is 0. The average molecular weight is 564 g/mol. The lowest BCUT2D eigenvalue weighted by atomic mass is 10.0. The molecule has 0 bridgehead atoms. The van der Waals surface area contributed by atoms with Crippen molar-refractivity contribution < 1.29 is 28.4 Å². The zero-order valence-corrected chi connectivity index (χ0v) is 22.8. The molecule has 7 rings (SSSR count). The van der Waals surface area contributed by atoms with E-state index in [0.717, 1.165) is 22.3 Å². The van der Waals surface area contributed by atoms with Crippen molar-refractivity contribution in [2.24, 2.45) is 0 Å². The van der Waals surface area contributed by atoms with E-state index in [1.54, 1.807) is 48.5 Å². The Morgan fingerprint density at radius 3 is 1.18 bits per heavy atom. The average Bonchev–Trinajstić information content (AvgIpc) is 3.01. The summed E-state index contributed by atoms with van der Waals surface area (Å²) in [6, 6.07) is 34.9. The largest absolute Gasteiger partial charge is 0.424 e. The molecule has 2 N–H and O–H groups in total. The Bertz CT molecular complexity index is 1700. The minimum absolute atomic E-state index is 0.196. The van der Waals surface area contributed by atoms with Crippen LogP contribution in [0.25, 0.3) is 22.3 Å². The molecule has 0 aliphatic carbocycles. The normalized spacial score (nSPS) is 20.1. The predicted molar refractivity (Wildman–Crippen MR) is 158 cm³/mol. The molecule has 194 valence electrons. The summed E-state index contributed by atoms with van der Waals surface area (Å²) in [4.78, 5) is 51.0. The highest BCUT2D eigenvalue weighted by molar-refractivity contribution is 7.90. The van der Waals surface area contributed by atoms with Gasteiger partial charge in [0.1, 0.15) is 0 Å². The standard InChI is InChI=1S/C32H22O6P2/c33-31(39(35)29-15-7-3-11-25(29)23-9-1-5-13-27(23)37-39)21-17-19-22(20-18-21)32(34)40(36)30-16-8-4-12-26(30)24-10-2-6-14-28(24)38-40/h1-20,35-36H/q+2. The quantitative estimate of drug-likeness (QED) is 0.245. The lowest BCUT2D eigenvalue weighted by Crippen LogP contribution is -2.29. The van der Waals surface area contributed by atoms with Gasteiger partial charge in [-0.1, -0.05) is 72.8 Å². The molecule has 0 spiro atoms. The highest BCUT2D eigenvalue weighted by atomic mass is 31.2. The minimum Gasteiger partial charge on any atom is -0.304 e. The summed E-state index contributed by atoms with van der Waals surface area (Å²) in [5.74, 6) is 0.884. The number of fused-ring (bicyclic) bond motifs is 6. The molecule has 8 heteroatoms. The molecule has 40 heavy (non-hydrogen) atoms. The molecule has 2 unspecified atom stereocenters. The first-order valence-electron chi connectivity index (χ1n) is 12.6. The third-order valence-corrected chi connectivity index (χ3v) is 11.8. The van der Waals surface area contributed by atoms with Crippen LogP contribution in [0.2, 0.25) is 0 Å². The van der Waals surface area contributed by atoms with E-state index in [4.69, 9.17) is 9.05 Å². The summed E-state index contributed by atoms with van der Waals surface area (Å²) in [6.45, 7) is 0. The second kappa shape index (κ2) is 9.19. The third kappa shape index (κ3) is 3.66. The molecule has 2 aliphatic rings. The van der Waals surface area contributed by atoms with Crippen LogP contribution in [0.1, 0.15) is 20.7 Å². The van der Waals surface area contributed by atoms with E-state index in [1.807, 2.05) is 48.5 Å². The number of benzene rings is 5. The Morgan fingerprint density at radius 1 is 0.450 bits per heavy atom. The van der Waals surface area contributed by atoms with Gasteiger partial charge in [-0.15, -0.1) is 0 Å². The first-order valence-corrected chi connectivity index (χ1v) is 15.9. The van der Waals surface area contributed by atoms with Gasteiger partial charge in [0, 0.05) is 22.3 Å². The molecule has 6 nitrogen and oxygen atoms in total. The lowest BCUT2D eigenvalue weighted by Gasteiger charge is -2.26. The fourth-order valence-corrected chi connectivity index (χ4v) is 9.56. The van der Waals surface area contributed by atoms with E-state index in [1.165, 1.54) is 24.3 Å². The molecule has 5 aromatic rings. The third-order valence-electron chi connectivity index (χ3n) is 7.21. The molecule has 0 amide bonds. The van der Waals surface area contributed by atoms with E-state index in [9.17, 15) is 19.4 Å². The summed E-state index contributed by atoms with van der Waals surface area (Å²) < 4.78 is 12.0. The SMILES string of the molecule is O=C(c1ccc(C(=O)[P+]2(O)Oc3ccccc3-c3ccccc32)cc1)[P+]1(O)Oc2ccccc2-c2ccccc21. The minimum atomic E-state index is -3.75. The molecule has 0 radical (unpaired) electrons. The number of carbonyl (C=O) groups is 2. The topological polar surface area (TPSA) is 93.1 Å². The smallest absolute Gasteiger partial charge is 0.304 e. The van der Waals surface area contributed by atoms with Crippen LogP contribution in [0.3, 0.4) is 0 Å². The molecule has 5 aromatic carbocycles. The number of hydrogen-bond acceptors (Lipinski definition) is 6. The van der Waals surface area contributed by atoms with Gasteiger partial charge in [0.15, 0.2) is 22.1 Å². The van der Waals surface area contributed by atoms with Crippen LogP contribution in [-0.4, -0.2) is 20.8 Å². The van der Waals surface area contributed by atoms with Crippen LogP contribution < -0.4 is 19.7 Å². The molecule has 0 fully saturated rings. The molecule has 0 saturated carbocycles. The maximum atomic E-state index is 13.8. The van der Waals surface area contributed by atoms with Crippen LogP contribution in [0, 0.1) is 0 Å². The summed E-state index contributed by atoms with van der Waals surface area (Å²) in [5, 5.41) is 0.898. The Morgan fingerprint density at radius 2 is 0.775 bits per heavy atom. The second-order valence-electron chi connectivity index (χ2n) is 9.55. The number of carbonyl (C=O) groups excluding carboxylic acids is 2. The number of hydrogen-bond donors (Lipinski definition) is 2. The van der Waals surface area contributed by atoms with Crippen molar-refractivity contribution in [1.82, 2.24) is 0 Å². The Balaban J connectivity index is 1.23. The van der Waals surface area contributed by atoms with Crippen molar-refractivity contribution in [3.8, 4) is 33.8 Å². The van der Waals surface area contributed by atoms with E-state index < -0.39 is 26.5 Å². The fourth-order valence-electron chi connectivity index (χ4n) is 5.26. The Labute approximate surface area is 231 Å². The van der Waals surface area contributed by atoms with Crippen LogP contribution in [0.5, 0.6) is 11.5 Å². The van der Waals surface area contributed by atoms with E-state index in [2.05, 4.69) is 0 Å². The molecule has 2 aliphatic heterocycles. The van der Waals surface area contributed by atoms with Gasteiger partial charge < -0.3 is 9.05 Å². The molecular formula is C32H22O6P2+2. The first-order chi connectivity index (χ1) is 19.4. The zero-order valence-electron chi connectivity index (χ0n) is 21.0. The van der Waals surface area contributed by atoms with Gasteiger partial charge in [0.05, 0.1) is 11.1 Å². The molecule has 0 saturated heterocycles. The zero-order chi connectivity index (χ0) is 27.5. The molecule has 2 heterocycles. The van der Waals surface area contributed by atoms with Crippen molar-refractivity contribution in [2.45, 2.75) is 0 Å². The first kappa shape index (κ1) is 24.8. The maximum absolute atomic E-state index is 13.8. The summed E-state index contributed by atoms with van der Waals surface area (Å²) >= 11 is 0. The summed E-state index contributed by atoms with van der Waals surface area (Å²) in [5.41, 5.74) is 2.39. The predicted octanol–water partition coefficient (Wildman–Crippen LogP) is 6.42. The molecule has 2 atom stereocenters. The maximum Gasteiger partial charge on any atom is 0.424 e. The number of para-hydroxylation sites is 2. The Hall–Kier alpha value is -4.18. The van der Waals surface area contributed by atoms with Crippen molar-refractivity contribution in [3.05, 3.63) is 132 Å².